The second-order valence-electron chi connectivity index (χ2n) is 3.87. The van der Waals surface area contributed by atoms with Gasteiger partial charge >= 0.3 is 5.69 Å². The van der Waals surface area contributed by atoms with Crippen LogP contribution in [0.2, 0.25) is 0 Å². The molecule has 0 unspecified atom stereocenters. The minimum Gasteiger partial charge on any atom is -0.461 e. The fourth-order valence-electron chi connectivity index (χ4n) is 1.62. The van der Waals surface area contributed by atoms with Crippen molar-refractivity contribution in [3.8, 4) is 0 Å². The summed E-state index contributed by atoms with van der Waals surface area (Å²) in [6, 6.07) is 3.20. The molecular weight excluding hydrogens is 300 g/mol. The van der Waals surface area contributed by atoms with Crippen LogP contribution in [0.3, 0.4) is 0 Å². The van der Waals surface area contributed by atoms with E-state index >= 15 is 0 Å². The second kappa shape index (κ2) is 4.89. The number of halogens is 1. The van der Waals surface area contributed by atoms with Crippen molar-refractivity contribution in [2.45, 2.75) is 20.4 Å². The van der Waals surface area contributed by atoms with Crippen molar-refractivity contribution >= 4 is 21.7 Å². The van der Waals surface area contributed by atoms with E-state index in [1.54, 1.807) is 26.0 Å². The number of furan rings is 1. The Balaban J connectivity index is 2.39. The standard InChI is InChI=1S/C12H11BrN2O3/c1-7-11(13)8(2)15(12(17)14-7)6-9(16)10-4-3-5-18-10/h3-5H,6H2,1-2H3. The molecule has 0 aliphatic rings. The van der Waals surface area contributed by atoms with Crippen molar-refractivity contribution < 1.29 is 9.21 Å². The number of hydrogen-bond acceptors (Lipinski definition) is 4. The first-order chi connectivity index (χ1) is 8.50. The average Bonchev–Trinajstić information content (AvgIpc) is 2.85. The number of Topliss-reactive ketones (excluding diaryl/α,β-unsaturated/α-hetero) is 1. The lowest BCUT2D eigenvalue weighted by molar-refractivity contribution is 0.0942. The predicted molar refractivity (Wildman–Crippen MR) is 68.7 cm³/mol. The van der Waals surface area contributed by atoms with Crippen molar-refractivity contribution in [1.82, 2.24) is 9.55 Å². The lowest BCUT2D eigenvalue weighted by Gasteiger charge is -2.10. The van der Waals surface area contributed by atoms with Crippen molar-refractivity contribution in [2.75, 3.05) is 0 Å². The van der Waals surface area contributed by atoms with Crippen LogP contribution in [0.4, 0.5) is 0 Å². The first-order valence-corrected chi connectivity index (χ1v) is 6.10. The Labute approximate surface area is 112 Å². The third-order valence-electron chi connectivity index (χ3n) is 2.63. The Hall–Kier alpha value is -1.69. The van der Waals surface area contributed by atoms with Crippen molar-refractivity contribution in [1.29, 1.82) is 0 Å². The molecule has 0 atom stereocenters. The zero-order valence-electron chi connectivity index (χ0n) is 9.94. The topological polar surface area (TPSA) is 65.1 Å². The Kier molecular flexibility index (Phi) is 3.47. The molecule has 2 aromatic heterocycles. The van der Waals surface area contributed by atoms with Gasteiger partial charge in [-0.2, -0.15) is 4.98 Å². The highest BCUT2D eigenvalue weighted by Crippen LogP contribution is 2.17. The van der Waals surface area contributed by atoms with Gasteiger partial charge in [0.2, 0.25) is 5.78 Å². The maximum absolute atomic E-state index is 11.9. The molecule has 94 valence electrons. The highest BCUT2D eigenvalue weighted by atomic mass is 79.9. The molecule has 5 nitrogen and oxygen atoms in total. The second-order valence-corrected chi connectivity index (χ2v) is 4.66. The van der Waals surface area contributed by atoms with Crippen LogP contribution in [0, 0.1) is 13.8 Å². The first kappa shape index (κ1) is 12.8. The molecule has 0 N–H and O–H groups in total. The van der Waals surface area contributed by atoms with E-state index in [2.05, 4.69) is 20.9 Å². The summed E-state index contributed by atoms with van der Waals surface area (Å²) in [6.07, 6.45) is 1.42. The maximum Gasteiger partial charge on any atom is 0.348 e. The minimum atomic E-state index is -0.437. The zero-order valence-corrected chi connectivity index (χ0v) is 11.5. The van der Waals surface area contributed by atoms with Gasteiger partial charge in [-0.15, -0.1) is 0 Å². The number of carbonyl (C=O) groups is 1. The van der Waals surface area contributed by atoms with Crippen LogP contribution in [0.1, 0.15) is 21.9 Å². The first-order valence-electron chi connectivity index (χ1n) is 5.31. The number of carbonyl (C=O) groups excluding carboxylic acids is 1. The Morgan fingerprint density at radius 3 is 2.83 bits per heavy atom. The fourth-order valence-corrected chi connectivity index (χ4v) is 1.92. The molecule has 2 aromatic rings. The maximum atomic E-state index is 11.9. The van der Waals surface area contributed by atoms with Crippen LogP contribution in [0.25, 0.3) is 0 Å². The number of aromatic nitrogens is 2. The van der Waals surface area contributed by atoms with Gasteiger partial charge in [-0.3, -0.25) is 9.36 Å². The molecule has 0 radical (unpaired) electrons. The Morgan fingerprint density at radius 1 is 1.50 bits per heavy atom. The van der Waals surface area contributed by atoms with Crippen LogP contribution in [-0.4, -0.2) is 15.3 Å². The molecule has 0 amide bonds. The zero-order chi connectivity index (χ0) is 13.3. The smallest absolute Gasteiger partial charge is 0.348 e. The number of rotatable bonds is 3. The van der Waals surface area contributed by atoms with Gasteiger partial charge in [0.25, 0.3) is 0 Å². The van der Waals surface area contributed by atoms with Crippen LogP contribution in [0.5, 0.6) is 0 Å². The Morgan fingerprint density at radius 2 is 2.22 bits per heavy atom. The largest absolute Gasteiger partial charge is 0.461 e. The van der Waals surface area contributed by atoms with Gasteiger partial charge in [-0.25, -0.2) is 4.79 Å². The summed E-state index contributed by atoms with van der Waals surface area (Å²) in [4.78, 5) is 27.5. The van der Waals surface area contributed by atoms with Crippen molar-refractivity contribution in [3.05, 3.63) is 50.5 Å². The molecule has 2 rings (SSSR count). The van der Waals surface area contributed by atoms with Crippen molar-refractivity contribution in [2.24, 2.45) is 0 Å². The summed E-state index contributed by atoms with van der Waals surface area (Å²) in [6.45, 7) is 3.41. The summed E-state index contributed by atoms with van der Waals surface area (Å²) >= 11 is 3.35. The minimum absolute atomic E-state index is 0.0793. The highest BCUT2D eigenvalue weighted by molar-refractivity contribution is 9.10. The highest BCUT2D eigenvalue weighted by Gasteiger charge is 2.15. The molecule has 0 bridgehead atoms. The van der Waals surface area contributed by atoms with E-state index < -0.39 is 5.69 Å². The lowest BCUT2D eigenvalue weighted by Crippen LogP contribution is -2.29. The molecular formula is C12H11BrN2O3. The molecule has 0 aliphatic heterocycles. The third kappa shape index (κ3) is 2.28. The van der Waals surface area contributed by atoms with Gasteiger partial charge in [0.1, 0.15) is 0 Å². The monoisotopic (exact) mass is 310 g/mol. The van der Waals surface area contributed by atoms with Crippen LogP contribution >= 0.6 is 15.9 Å². The van der Waals surface area contributed by atoms with Gasteiger partial charge in [0.15, 0.2) is 5.76 Å². The number of hydrogen-bond donors (Lipinski definition) is 0. The summed E-state index contributed by atoms with van der Waals surface area (Å²) in [7, 11) is 0. The van der Waals surface area contributed by atoms with E-state index in [4.69, 9.17) is 4.42 Å². The molecule has 0 spiro atoms. The summed E-state index contributed by atoms with van der Waals surface area (Å²) < 4.78 is 7.06. The van der Waals surface area contributed by atoms with E-state index in [9.17, 15) is 9.59 Å². The molecule has 0 fully saturated rings. The average molecular weight is 311 g/mol. The molecule has 0 saturated heterocycles. The van der Waals surface area contributed by atoms with Crippen LogP contribution in [0.15, 0.2) is 32.1 Å². The fraction of sp³-hybridized carbons (Fsp3) is 0.250. The summed E-state index contributed by atoms with van der Waals surface area (Å²) in [5, 5.41) is 0. The van der Waals surface area contributed by atoms with Crippen LogP contribution < -0.4 is 5.69 Å². The molecule has 0 aliphatic carbocycles. The van der Waals surface area contributed by atoms with Crippen molar-refractivity contribution in [3.63, 3.8) is 0 Å². The van der Waals surface area contributed by atoms with E-state index in [0.717, 1.165) is 4.47 Å². The quantitative estimate of drug-likeness (QED) is 0.814. The summed E-state index contributed by atoms with van der Waals surface area (Å²) in [5.74, 6) is -0.0271. The SMILES string of the molecule is Cc1nc(=O)n(CC(=O)c2ccco2)c(C)c1Br. The molecule has 0 saturated carbocycles. The van der Waals surface area contributed by atoms with Gasteiger partial charge in [0.05, 0.1) is 23.0 Å². The normalized spacial score (nSPS) is 10.6. The lowest BCUT2D eigenvalue weighted by atomic mass is 10.3. The molecule has 6 heteroatoms. The van der Waals surface area contributed by atoms with E-state index in [0.29, 0.717) is 11.4 Å². The predicted octanol–water partition coefficient (Wildman–Crippen LogP) is 2.10. The molecule has 0 aromatic carbocycles. The van der Waals surface area contributed by atoms with Gasteiger partial charge in [-0.05, 0) is 41.9 Å². The van der Waals surface area contributed by atoms with Gasteiger partial charge in [-0.1, -0.05) is 0 Å². The summed E-state index contributed by atoms with van der Waals surface area (Å²) in [5.41, 5.74) is 0.847. The van der Waals surface area contributed by atoms with Gasteiger partial charge < -0.3 is 4.42 Å². The number of aryl methyl sites for hydroxylation is 1. The molecule has 2 heterocycles. The van der Waals surface area contributed by atoms with Gasteiger partial charge in [0, 0.05) is 5.69 Å². The molecule has 18 heavy (non-hydrogen) atoms. The van der Waals surface area contributed by atoms with E-state index in [1.165, 1.54) is 10.8 Å². The number of nitrogens with zero attached hydrogens (tertiary/aromatic N) is 2. The van der Waals surface area contributed by atoms with E-state index in [1.807, 2.05) is 0 Å². The Bertz CT molecular complexity index is 644. The number of ketones is 1. The van der Waals surface area contributed by atoms with E-state index in [-0.39, 0.29) is 18.1 Å². The third-order valence-corrected chi connectivity index (χ3v) is 3.78. The van der Waals surface area contributed by atoms with Crippen LogP contribution in [-0.2, 0) is 6.54 Å².